The monoisotopic (exact) mass is 490 g/mol. The smallest absolute Gasteiger partial charge is 0.407 e. The quantitative estimate of drug-likeness (QED) is 0.153. The van der Waals surface area contributed by atoms with Gasteiger partial charge in [-0.25, -0.2) is 9.59 Å². The van der Waals surface area contributed by atoms with Crippen LogP contribution in [0.25, 0.3) is 0 Å². The number of likely N-dealkylation sites (tertiary alicyclic amines) is 1. The van der Waals surface area contributed by atoms with E-state index in [2.05, 4.69) is 15.6 Å². The van der Waals surface area contributed by atoms with Crippen molar-refractivity contribution in [1.29, 1.82) is 0 Å². The van der Waals surface area contributed by atoms with Crippen LogP contribution in [0.1, 0.15) is 38.2 Å². The molecule has 7 N–H and O–H groups in total. The van der Waals surface area contributed by atoms with E-state index in [1.54, 1.807) is 6.92 Å². The summed E-state index contributed by atoms with van der Waals surface area (Å²) in [6.07, 6.45) is 0.920. The summed E-state index contributed by atoms with van der Waals surface area (Å²) in [7, 11) is 0. The number of rotatable bonds is 12. The summed E-state index contributed by atoms with van der Waals surface area (Å²) in [5.41, 5.74) is 11.4. The average molecular weight is 491 g/mol. The number of carbonyl (C=O) groups excluding carboxylic acids is 3. The molecule has 1 aliphatic rings. The van der Waals surface area contributed by atoms with Crippen molar-refractivity contribution in [2.45, 2.75) is 57.2 Å². The van der Waals surface area contributed by atoms with Crippen molar-refractivity contribution in [2.75, 3.05) is 19.7 Å². The molecule has 0 unspecified atom stereocenters. The van der Waals surface area contributed by atoms with E-state index in [0.29, 0.717) is 25.8 Å². The number of nitrogens with zero attached hydrogens (tertiary/aromatic N) is 2. The average Bonchev–Trinajstić information content (AvgIpc) is 3.30. The number of ether oxygens (including phenoxy) is 1. The Labute approximate surface area is 204 Å². The summed E-state index contributed by atoms with van der Waals surface area (Å²) < 4.78 is 4.95. The molecule has 12 nitrogen and oxygen atoms in total. The third-order valence-corrected chi connectivity index (χ3v) is 5.55. The topological polar surface area (TPSA) is 189 Å². The second-order valence-corrected chi connectivity index (χ2v) is 8.15. The minimum atomic E-state index is -1.19. The fourth-order valence-electron chi connectivity index (χ4n) is 3.90. The Balaban J connectivity index is 2.10. The fourth-order valence-corrected chi connectivity index (χ4v) is 3.90. The Morgan fingerprint density at radius 2 is 1.89 bits per heavy atom. The van der Waals surface area contributed by atoms with Gasteiger partial charge in [0.1, 0.15) is 18.1 Å². The molecule has 35 heavy (non-hydrogen) atoms. The van der Waals surface area contributed by atoms with Gasteiger partial charge in [0.2, 0.25) is 11.8 Å². The predicted molar refractivity (Wildman–Crippen MR) is 128 cm³/mol. The molecule has 1 aromatic rings. The van der Waals surface area contributed by atoms with Gasteiger partial charge in [-0.15, -0.1) is 0 Å². The molecule has 1 heterocycles. The molecule has 0 aliphatic carbocycles. The number of carboxylic acid groups (broad SMARTS) is 1. The molecule has 1 saturated heterocycles. The standard InChI is InChI=1S/C23H34N6O6/c1-2-35-23(34)28-17(14-15-8-4-3-5-9-15)20(31)29-13-7-11-18(29)19(30)27-16(21(32)33)10-6-12-26-22(24)25/h3-5,8-9,16-18H,2,6-7,10-14H2,1H3,(H,27,30)(H,28,34)(H,32,33)(H4,24,25,26)/t16-,17+,18-/m0/s1. The Morgan fingerprint density at radius 3 is 2.51 bits per heavy atom. The van der Waals surface area contributed by atoms with Gasteiger partial charge in [0.15, 0.2) is 5.96 Å². The van der Waals surface area contributed by atoms with Crippen molar-refractivity contribution >= 4 is 29.8 Å². The predicted octanol–water partition coefficient (Wildman–Crippen LogP) is -0.0422. The molecule has 0 aromatic heterocycles. The fraction of sp³-hybridized carbons (Fsp3) is 0.522. The Kier molecular flexibility index (Phi) is 10.8. The maximum Gasteiger partial charge on any atom is 0.407 e. The van der Waals surface area contributed by atoms with E-state index >= 15 is 0 Å². The van der Waals surface area contributed by atoms with Gasteiger partial charge in [0, 0.05) is 19.5 Å². The van der Waals surface area contributed by atoms with Crippen molar-refractivity contribution in [3.63, 3.8) is 0 Å². The van der Waals surface area contributed by atoms with Gasteiger partial charge < -0.3 is 36.8 Å². The zero-order valence-corrected chi connectivity index (χ0v) is 19.8. The first-order valence-electron chi connectivity index (χ1n) is 11.6. The third-order valence-electron chi connectivity index (χ3n) is 5.55. The molecule has 0 bridgehead atoms. The molecule has 3 atom stereocenters. The highest BCUT2D eigenvalue weighted by molar-refractivity contribution is 5.93. The summed E-state index contributed by atoms with van der Waals surface area (Å²) in [6.45, 7) is 2.35. The molecule has 1 fully saturated rings. The van der Waals surface area contributed by atoms with Crippen LogP contribution in [0, 0.1) is 0 Å². The molecule has 0 radical (unpaired) electrons. The van der Waals surface area contributed by atoms with Crippen molar-refractivity contribution < 1.29 is 29.0 Å². The Hall–Kier alpha value is -3.83. The number of carboxylic acids is 1. The molecule has 3 amide bonds. The van der Waals surface area contributed by atoms with Crippen LogP contribution in [0.4, 0.5) is 4.79 Å². The van der Waals surface area contributed by atoms with Crippen molar-refractivity contribution in [3.05, 3.63) is 35.9 Å². The second kappa shape index (κ2) is 13.8. The van der Waals surface area contributed by atoms with E-state index in [-0.39, 0.29) is 32.0 Å². The lowest BCUT2D eigenvalue weighted by molar-refractivity contribution is -0.144. The number of aliphatic imine (C=N–C) groups is 1. The van der Waals surface area contributed by atoms with Gasteiger partial charge in [-0.3, -0.25) is 14.6 Å². The van der Waals surface area contributed by atoms with E-state index in [1.165, 1.54) is 4.90 Å². The first-order valence-corrected chi connectivity index (χ1v) is 11.6. The lowest BCUT2D eigenvalue weighted by Gasteiger charge is -2.29. The van der Waals surface area contributed by atoms with Gasteiger partial charge in [-0.1, -0.05) is 30.3 Å². The highest BCUT2D eigenvalue weighted by atomic mass is 16.5. The van der Waals surface area contributed by atoms with Crippen LogP contribution in [0.3, 0.4) is 0 Å². The van der Waals surface area contributed by atoms with Gasteiger partial charge in [-0.05, 0) is 38.2 Å². The minimum Gasteiger partial charge on any atom is -0.480 e. The van der Waals surface area contributed by atoms with Crippen LogP contribution in [0.2, 0.25) is 0 Å². The van der Waals surface area contributed by atoms with E-state index in [4.69, 9.17) is 16.2 Å². The molecule has 0 saturated carbocycles. The normalized spacial score (nSPS) is 16.6. The van der Waals surface area contributed by atoms with Crippen LogP contribution in [-0.4, -0.2) is 77.7 Å². The highest BCUT2D eigenvalue weighted by Crippen LogP contribution is 2.20. The van der Waals surface area contributed by atoms with Crippen LogP contribution in [0.5, 0.6) is 0 Å². The van der Waals surface area contributed by atoms with Crippen LogP contribution >= 0.6 is 0 Å². The van der Waals surface area contributed by atoms with E-state index in [0.717, 1.165) is 5.56 Å². The van der Waals surface area contributed by atoms with Crippen LogP contribution in [0.15, 0.2) is 35.3 Å². The van der Waals surface area contributed by atoms with E-state index < -0.39 is 42.0 Å². The number of nitrogens with one attached hydrogen (secondary N) is 2. The van der Waals surface area contributed by atoms with Gasteiger partial charge >= 0.3 is 12.1 Å². The molecule has 1 aromatic carbocycles. The van der Waals surface area contributed by atoms with Crippen molar-refractivity contribution in [1.82, 2.24) is 15.5 Å². The largest absolute Gasteiger partial charge is 0.480 e. The zero-order valence-electron chi connectivity index (χ0n) is 19.8. The Bertz CT molecular complexity index is 905. The number of hydrogen-bond acceptors (Lipinski definition) is 6. The number of alkyl carbamates (subject to hydrolysis) is 1. The number of benzene rings is 1. The summed E-state index contributed by atoms with van der Waals surface area (Å²) in [6, 6.07) is 6.23. The number of hydrogen-bond donors (Lipinski definition) is 5. The summed E-state index contributed by atoms with van der Waals surface area (Å²) in [5, 5.41) is 14.6. The number of carbonyl (C=O) groups is 4. The van der Waals surface area contributed by atoms with E-state index in [9.17, 15) is 24.3 Å². The van der Waals surface area contributed by atoms with Crippen molar-refractivity contribution in [2.24, 2.45) is 16.5 Å². The lowest BCUT2D eigenvalue weighted by Crippen LogP contribution is -2.55. The van der Waals surface area contributed by atoms with Crippen LogP contribution in [-0.2, 0) is 25.5 Å². The minimum absolute atomic E-state index is 0.0949. The first kappa shape index (κ1) is 27.4. The third kappa shape index (κ3) is 8.80. The molecule has 1 aliphatic heterocycles. The maximum absolute atomic E-state index is 13.4. The molecule has 12 heteroatoms. The SMILES string of the molecule is CCOC(=O)N[C@H](Cc1ccccc1)C(=O)N1CCC[C@H]1C(=O)N[C@@H](CCCN=C(N)N)C(=O)O. The first-order chi connectivity index (χ1) is 16.7. The zero-order chi connectivity index (χ0) is 25.8. The van der Waals surface area contributed by atoms with Crippen molar-refractivity contribution in [3.8, 4) is 0 Å². The van der Waals surface area contributed by atoms with Gasteiger partial charge in [0.05, 0.1) is 6.61 Å². The molecular formula is C23H34N6O6. The molecule has 192 valence electrons. The number of amides is 3. The number of guanidine groups is 1. The highest BCUT2D eigenvalue weighted by Gasteiger charge is 2.39. The second-order valence-electron chi connectivity index (χ2n) is 8.15. The molecular weight excluding hydrogens is 456 g/mol. The maximum atomic E-state index is 13.4. The number of nitrogens with two attached hydrogens (primary N) is 2. The summed E-state index contributed by atoms with van der Waals surface area (Å²) in [5.74, 6) is -2.27. The summed E-state index contributed by atoms with van der Waals surface area (Å²) >= 11 is 0. The molecule has 2 rings (SSSR count). The van der Waals surface area contributed by atoms with Gasteiger partial charge in [0.25, 0.3) is 0 Å². The van der Waals surface area contributed by atoms with Crippen LogP contribution < -0.4 is 22.1 Å². The van der Waals surface area contributed by atoms with Gasteiger partial charge in [-0.2, -0.15) is 0 Å². The lowest BCUT2D eigenvalue weighted by atomic mass is 10.0. The number of aliphatic carboxylic acids is 1. The van der Waals surface area contributed by atoms with E-state index in [1.807, 2.05) is 30.3 Å². The molecule has 0 spiro atoms. The summed E-state index contributed by atoms with van der Waals surface area (Å²) in [4.78, 5) is 55.3. The Morgan fingerprint density at radius 1 is 1.17 bits per heavy atom.